The zero-order chi connectivity index (χ0) is 24.0. The van der Waals surface area contributed by atoms with Crippen LogP contribution in [0.3, 0.4) is 0 Å². The van der Waals surface area contributed by atoms with Crippen LogP contribution in [0.4, 0.5) is 5.69 Å². The number of esters is 1. The molecule has 0 unspecified atom stereocenters. The molecule has 1 heterocycles. The van der Waals surface area contributed by atoms with Crippen LogP contribution in [-0.2, 0) is 29.2 Å². The number of sulfonamides is 1. The Labute approximate surface area is 189 Å². The lowest BCUT2D eigenvalue weighted by molar-refractivity contribution is -0.151. The molecule has 1 aliphatic heterocycles. The molecular weight excluding hydrogens is 458 g/mol. The number of benzene rings is 2. The number of methoxy groups -OCH3 is 1. The Morgan fingerprint density at radius 3 is 2.61 bits per heavy atom. The molecule has 3 rings (SSSR count). The molecule has 3 N–H and O–H groups in total. The van der Waals surface area contributed by atoms with Gasteiger partial charge in [0.15, 0.2) is 18.1 Å². The number of nitrogens with one attached hydrogen (secondary N) is 1. The molecule has 176 valence electrons. The lowest BCUT2D eigenvalue weighted by atomic mass is 10.1. The number of amides is 1. The fraction of sp³-hybridized carbons (Fsp3) is 0.250. The van der Waals surface area contributed by atoms with Crippen molar-refractivity contribution in [2.24, 2.45) is 10.3 Å². The number of hydrogen-bond acceptors (Lipinski definition) is 10. The van der Waals surface area contributed by atoms with E-state index in [2.05, 4.69) is 10.5 Å². The summed E-state index contributed by atoms with van der Waals surface area (Å²) in [7, 11) is -2.79. The third kappa shape index (κ3) is 6.33. The first-order valence-corrected chi connectivity index (χ1v) is 10.9. The molecule has 0 bridgehead atoms. The van der Waals surface area contributed by atoms with Gasteiger partial charge in [-0.15, -0.1) is 0 Å². The van der Waals surface area contributed by atoms with Crippen molar-refractivity contribution in [1.82, 2.24) is 0 Å². The van der Waals surface area contributed by atoms with Crippen LogP contribution in [0.25, 0.3) is 0 Å². The third-order valence-corrected chi connectivity index (χ3v) is 5.22. The summed E-state index contributed by atoms with van der Waals surface area (Å²) < 4.78 is 43.5. The Morgan fingerprint density at radius 1 is 1.12 bits per heavy atom. The molecule has 2 aromatic rings. The van der Waals surface area contributed by atoms with Crippen molar-refractivity contribution < 1.29 is 41.8 Å². The van der Waals surface area contributed by atoms with Crippen LogP contribution >= 0.6 is 0 Å². The summed E-state index contributed by atoms with van der Waals surface area (Å²) in [6.07, 6.45) is 0. The van der Waals surface area contributed by atoms with Crippen LogP contribution in [0.2, 0.25) is 0 Å². The Morgan fingerprint density at radius 2 is 1.88 bits per heavy atom. The molecule has 0 saturated carbocycles. The number of anilines is 1. The number of carbonyl (C=O) groups excluding carboxylic acids is 2. The van der Waals surface area contributed by atoms with Gasteiger partial charge < -0.3 is 29.1 Å². The molecule has 33 heavy (non-hydrogen) atoms. The molecule has 1 aliphatic rings. The zero-order valence-corrected chi connectivity index (χ0v) is 18.5. The summed E-state index contributed by atoms with van der Waals surface area (Å²) >= 11 is 0. The predicted octanol–water partition coefficient (Wildman–Crippen LogP) is 0.994. The highest BCUT2D eigenvalue weighted by Gasteiger charge is 2.17. The molecule has 0 fully saturated rings. The van der Waals surface area contributed by atoms with E-state index in [4.69, 9.17) is 28.9 Å². The second-order valence-corrected chi connectivity index (χ2v) is 8.17. The van der Waals surface area contributed by atoms with E-state index >= 15 is 0 Å². The number of oxime groups is 1. The number of rotatable bonds is 9. The minimum absolute atomic E-state index is 0.0238. The quantitative estimate of drug-likeness (QED) is 0.303. The van der Waals surface area contributed by atoms with Gasteiger partial charge in [-0.2, -0.15) is 0 Å². The average molecular weight is 479 g/mol. The Hall–Kier alpha value is -3.84. The summed E-state index contributed by atoms with van der Waals surface area (Å²) in [6, 6.07) is 9.09. The predicted molar refractivity (Wildman–Crippen MR) is 115 cm³/mol. The van der Waals surface area contributed by atoms with Crippen LogP contribution in [0.5, 0.6) is 17.2 Å². The van der Waals surface area contributed by atoms with Crippen LogP contribution in [-0.4, -0.2) is 53.1 Å². The third-order valence-electron chi connectivity index (χ3n) is 4.29. The minimum Gasteiger partial charge on any atom is -0.495 e. The van der Waals surface area contributed by atoms with Crippen LogP contribution in [0.15, 0.2) is 46.4 Å². The Bertz CT molecular complexity index is 1200. The molecule has 0 saturated heterocycles. The first-order chi connectivity index (χ1) is 15.7. The summed E-state index contributed by atoms with van der Waals surface area (Å²) in [6.45, 7) is 0.689. The Balaban J connectivity index is 1.47. The van der Waals surface area contributed by atoms with Gasteiger partial charge in [-0.3, -0.25) is 4.79 Å². The zero-order valence-electron chi connectivity index (χ0n) is 17.7. The van der Waals surface area contributed by atoms with Crippen molar-refractivity contribution in [2.45, 2.75) is 11.8 Å². The van der Waals surface area contributed by atoms with Gasteiger partial charge in [0.25, 0.3) is 5.91 Å². The number of ether oxygens (including phenoxy) is 4. The van der Waals surface area contributed by atoms with Crippen LogP contribution < -0.4 is 24.7 Å². The normalized spacial score (nSPS) is 12.8. The highest BCUT2D eigenvalue weighted by atomic mass is 32.2. The molecule has 0 aliphatic carbocycles. The second kappa shape index (κ2) is 10.2. The van der Waals surface area contributed by atoms with Crippen molar-refractivity contribution in [3.63, 3.8) is 0 Å². The topological polar surface area (TPSA) is 165 Å². The Kier molecular flexibility index (Phi) is 7.35. The molecular formula is C20H21N3O9S. The van der Waals surface area contributed by atoms with E-state index < -0.39 is 35.1 Å². The molecule has 0 atom stereocenters. The molecule has 12 nitrogen and oxygen atoms in total. The monoisotopic (exact) mass is 479 g/mol. The van der Waals surface area contributed by atoms with Crippen molar-refractivity contribution >= 4 is 33.3 Å². The number of carbonyl (C=O) groups is 2. The maximum Gasteiger partial charge on any atom is 0.347 e. The van der Waals surface area contributed by atoms with Gasteiger partial charge in [-0.1, -0.05) is 5.16 Å². The number of hydrogen-bond donors (Lipinski definition) is 2. The van der Waals surface area contributed by atoms with E-state index in [1.54, 1.807) is 25.1 Å². The summed E-state index contributed by atoms with van der Waals surface area (Å²) in [5, 5.41) is 11.4. The summed E-state index contributed by atoms with van der Waals surface area (Å²) in [4.78, 5) is 28.5. The fourth-order valence-electron chi connectivity index (χ4n) is 2.72. The van der Waals surface area contributed by atoms with E-state index in [0.29, 0.717) is 22.8 Å². The minimum atomic E-state index is -4.07. The molecule has 0 aromatic heterocycles. The summed E-state index contributed by atoms with van der Waals surface area (Å²) in [5.41, 5.74) is 1.33. The van der Waals surface area contributed by atoms with Crippen LogP contribution in [0.1, 0.15) is 12.5 Å². The maximum atomic E-state index is 12.0. The average Bonchev–Trinajstić information content (AvgIpc) is 3.25. The number of primary sulfonamides is 1. The van der Waals surface area contributed by atoms with Gasteiger partial charge in [0.05, 0.1) is 12.8 Å². The van der Waals surface area contributed by atoms with E-state index in [1.807, 2.05) is 0 Å². The largest absolute Gasteiger partial charge is 0.495 e. The maximum absolute atomic E-state index is 12.0. The van der Waals surface area contributed by atoms with Crippen molar-refractivity contribution in [3.05, 3.63) is 42.0 Å². The van der Waals surface area contributed by atoms with Gasteiger partial charge in [0.1, 0.15) is 10.6 Å². The number of nitrogens with zero attached hydrogens (tertiary/aromatic N) is 1. The SMILES string of the molecule is COc1ccc(NC(=O)COC(=O)CO/N=C(/C)c2ccc3c(c2)OCO3)cc1S(N)(=O)=O. The van der Waals surface area contributed by atoms with Gasteiger partial charge in [0.2, 0.25) is 23.4 Å². The number of nitrogens with two attached hydrogens (primary N) is 1. The van der Waals surface area contributed by atoms with E-state index in [1.165, 1.54) is 19.2 Å². The van der Waals surface area contributed by atoms with Crippen molar-refractivity contribution in [3.8, 4) is 17.2 Å². The summed E-state index contributed by atoms with van der Waals surface area (Å²) in [5.74, 6) is -0.290. The van der Waals surface area contributed by atoms with Gasteiger partial charge >= 0.3 is 5.97 Å². The molecule has 0 radical (unpaired) electrons. The fourth-order valence-corrected chi connectivity index (χ4v) is 3.44. The van der Waals surface area contributed by atoms with E-state index in [9.17, 15) is 18.0 Å². The first kappa shape index (κ1) is 23.8. The molecule has 0 spiro atoms. The highest BCUT2D eigenvalue weighted by Crippen LogP contribution is 2.32. The number of fused-ring (bicyclic) bond motifs is 1. The lowest BCUT2D eigenvalue weighted by Gasteiger charge is -2.10. The van der Waals surface area contributed by atoms with E-state index in [0.717, 1.165) is 6.07 Å². The standard InChI is InChI=1S/C20H21N3O9S/c1-12(13-3-5-15-17(7-13)31-11-30-15)23-32-10-20(25)29-9-19(24)22-14-4-6-16(28-2)18(8-14)33(21,26)27/h3-8H,9-11H2,1-2H3,(H,22,24)(H2,21,26,27)/b23-12-. The smallest absolute Gasteiger partial charge is 0.347 e. The van der Waals surface area contributed by atoms with Gasteiger partial charge in [0, 0.05) is 11.3 Å². The van der Waals surface area contributed by atoms with E-state index in [-0.39, 0.29) is 23.1 Å². The second-order valence-electron chi connectivity index (χ2n) is 6.64. The van der Waals surface area contributed by atoms with Gasteiger partial charge in [-0.05, 0) is 43.3 Å². The van der Waals surface area contributed by atoms with Gasteiger partial charge in [-0.25, -0.2) is 18.4 Å². The molecule has 13 heteroatoms. The molecule has 2 aromatic carbocycles. The highest BCUT2D eigenvalue weighted by molar-refractivity contribution is 7.89. The lowest BCUT2D eigenvalue weighted by Crippen LogP contribution is -2.23. The first-order valence-electron chi connectivity index (χ1n) is 9.40. The van der Waals surface area contributed by atoms with Crippen molar-refractivity contribution in [1.29, 1.82) is 0 Å². The van der Waals surface area contributed by atoms with Crippen molar-refractivity contribution in [2.75, 3.05) is 32.4 Å². The van der Waals surface area contributed by atoms with Crippen LogP contribution in [0, 0.1) is 0 Å². The molecule has 1 amide bonds.